The van der Waals surface area contributed by atoms with Crippen LogP contribution in [0.5, 0.6) is 5.75 Å². The van der Waals surface area contributed by atoms with Gasteiger partial charge in [0.05, 0.1) is 6.04 Å². The van der Waals surface area contributed by atoms with Crippen molar-refractivity contribution in [1.29, 1.82) is 0 Å². The van der Waals surface area contributed by atoms with Crippen LogP contribution in [-0.2, 0) is 6.54 Å². The zero-order valence-electron chi connectivity index (χ0n) is 17.2. The molecule has 32 heavy (non-hydrogen) atoms. The van der Waals surface area contributed by atoms with Crippen LogP contribution in [0.15, 0.2) is 77.7 Å². The van der Waals surface area contributed by atoms with Crippen LogP contribution in [0.1, 0.15) is 33.2 Å². The van der Waals surface area contributed by atoms with E-state index < -0.39 is 0 Å². The molecular formula is C25H20ClN3O2S. The maximum Gasteiger partial charge on any atom is 0.273 e. The maximum atomic E-state index is 13.5. The molecule has 0 bridgehead atoms. The van der Waals surface area contributed by atoms with Gasteiger partial charge in [0.2, 0.25) is 0 Å². The van der Waals surface area contributed by atoms with Gasteiger partial charge < -0.3 is 10.0 Å². The fraction of sp³-hybridized carbons (Fsp3) is 0.120. The fourth-order valence-corrected chi connectivity index (χ4v) is 4.69. The van der Waals surface area contributed by atoms with E-state index in [4.69, 9.17) is 11.6 Å². The quantitative estimate of drug-likeness (QED) is 0.363. The van der Waals surface area contributed by atoms with E-state index in [-0.39, 0.29) is 17.7 Å². The second-order valence-corrected chi connectivity index (χ2v) is 8.93. The number of aromatic amines is 1. The average Bonchev–Trinajstić information content (AvgIpc) is 3.35. The summed E-state index contributed by atoms with van der Waals surface area (Å²) in [5, 5.41) is 18.5. The number of carbonyl (C=O) groups excluding carboxylic acids is 1. The summed E-state index contributed by atoms with van der Waals surface area (Å²) >= 11 is 7.72. The minimum absolute atomic E-state index is 0.122. The number of phenols is 1. The highest BCUT2D eigenvalue weighted by molar-refractivity contribution is 7.98. The Morgan fingerprint density at radius 3 is 2.47 bits per heavy atom. The van der Waals surface area contributed by atoms with Gasteiger partial charge in [0.25, 0.3) is 5.91 Å². The number of thioether (sulfide) groups is 1. The largest absolute Gasteiger partial charge is 0.507 e. The zero-order chi connectivity index (χ0) is 22.2. The van der Waals surface area contributed by atoms with Crippen molar-refractivity contribution in [2.24, 2.45) is 0 Å². The van der Waals surface area contributed by atoms with Crippen LogP contribution in [0, 0.1) is 0 Å². The van der Waals surface area contributed by atoms with Gasteiger partial charge in [0.15, 0.2) is 0 Å². The predicted molar refractivity (Wildman–Crippen MR) is 127 cm³/mol. The van der Waals surface area contributed by atoms with Gasteiger partial charge in [-0.05, 0) is 53.8 Å². The Bertz CT molecular complexity index is 1290. The van der Waals surface area contributed by atoms with E-state index in [1.54, 1.807) is 23.9 Å². The molecule has 1 atom stereocenters. The molecular weight excluding hydrogens is 442 g/mol. The minimum atomic E-state index is -0.336. The summed E-state index contributed by atoms with van der Waals surface area (Å²) in [7, 11) is 0. The van der Waals surface area contributed by atoms with E-state index >= 15 is 0 Å². The van der Waals surface area contributed by atoms with E-state index in [9.17, 15) is 9.90 Å². The first-order chi connectivity index (χ1) is 15.6. The first kappa shape index (κ1) is 20.7. The maximum absolute atomic E-state index is 13.5. The minimum Gasteiger partial charge on any atom is -0.507 e. The Labute approximate surface area is 195 Å². The third-order valence-corrected chi connectivity index (χ3v) is 6.72. The number of para-hydroxylation sites is 1. The third kappa shape index (κ3) is 3.55. The number of phenolic OH excluding ortho intramolecular Hbond substituents is 1. The van der Waals surface area contributed by atoms with Crippen molar-refractivity contribution in [2.45, 2.75) is 17.5 Å². The van der Waals surface area contributed by atoms with E-state index in [2.05, 4.69) is 34.5 Å². The Morgan fingerprint density at radius 2 is 1.78 bits per heavy atom. The lowest BCUT2D eigenvalue weighted by molar-refractivity contribution is 0.0730. The van der Waals surface area contributed by atoms with Gasteiger partial charge in [0, 0.05) is 27.6 Å². The number of rotatable bonds is 5. The number of benzene rings is 3. The number of halogens is 1. The number of hydrogen-bond acceptors (Lipinski definition) is 4. The molecule has 0 radical (unpaired) electrons. The summed E-state index contributed by atoms with van der Waals surface area (Å²) < 4.78 is 0. The Hall–Kier alpha value is -3.22. The molecule has 1 unspecified atom stereocenters. The van der Waals surface area contributed by atoms with Crippen LogP contribution in [0.2, 0.25) is 5.02 Å². The lowest BCUT2D eigenvalue weighted by Gasteiger charge is -2.26. The Kier molecular flexibility index (Phi) is 5.41. The highest BCUT2D eigenvalue weighted by atomic mass is 35.5. The molecule has 0 saturated carbocycles. The standard InChI is InChI=1S/C25H20ClN3O2S/c1-32-18-12-8-16(9-13-18)24-21-22(19-4-2-3-5-20(19)30)27-28-23(21)25(31)29(24)14-15-6-10-17(26)11-7-15/h2-13,24,30H,14H2,1H3,(H,27,28). The number of H-pyrrole nitrogens is 1. The van der Waals surface area contributed by atoms with Crippen molar-refractivity contribution < 1.29 is 9.90 Å². The monoisotopic (exact) mass is 461 g/mol. The number of aromatic nitrogens is 2. The summed E-state index contributed by atoms with van der Waals surface area (Å²) in [6, 6.07) is 22.4. The van der Waals surface area contributed by atoms with Crippen LogP contribution < -0.4 is 0 Å². The molecule has 0 aliphatic carbocycles. The topological polar surface area (TPSA) is 69.2 Å². The molecule has 160 valence electrons. The van der Waals surface area contributed by atoms with Crippen LogP contribution in [0.3, 0.4) is 0 Å². The van der Waals surface area contributed by atoms with E-state index in [0.717, 1.165) is 21.6 Å². The second-order valence-electron chi connectivity index (χ2n) is 7.61. The van der Waals surface area contributed by atoms with Crippen LogP contribution in [0.25, 0.3) is 11.3 Å². The van der Waals surface area contributed by atoms with Crippen molar-refractivity contribution in [3.05, 3.63) is 100 Å². The smallest absolute Gasteiger partial charge is 0.273 e. The summed E-state index contributed by atoms with van der Waals surface area (Å²) in [4.78, 5) is 16.5. The third-order valence-electron chi connectivity index (χ3n) is 5.72. The number of carbonyl (C=O) groups is 1. The summed E-state index contributed by atoms with van der Waals surface area (Å²) in [6.07, 6.45) is 2.03. The van der Waals surface area contributed by atoms with Gasteiger partial charge in [-0.25, -0.2) is 0 Å². The van der Waals surface area contributed by atoms with Crippen molar-refractivity contribution in [2.75, 3.05) is 6.26 Å². The molecule has 3 aromatic carbocycles. The molecule has 5 nitrogen and oxygen atoms in total. The number of nitrogens with zero attached hydrogens (tertiary/aromatic N) is 2. The number of aromatic hydroxyl groups is 1. The van der Waals surface area contributed by atoms with E-state index in [0.29, 0.717) is 28.5 Å². The number of fused-ring (bicyclic) bond motifs is 1. The molecule has 5 rings (SSSR count). The van der Waals surface area contributed by atoms with Crippen LogP contribution in [-0.4, -0.2) is 32.4 Å². The molecule has 0 spiro atoms. The van der Waals surface area contributed by atoms with Crippen LogP contribution >= 0.6 is 23.4 Å². The van der Waals surface area contributed by atoms with E-state index in [1.165, 1.54) is 0 Å². The Balaban J connectivity index is 1.64. The molecule has 1 aromatic heterocycles. The normalized spacial score (nSPS) is 15.2. The van der Waals surface area contributed by atoms with Gasteiger partial charge in [0.1, 0.15) is 17.1 Å². The van der Waals surface area contributed by atoms with Gasteiger partial charge in [-0.2, -0.15) is 5.10 Å². The molecule has 1 aliphatic heterocycles. The van der Waals surface area contributed by atoms with Crippen molar-refractivity contribution >= 4 is 29.3 Å². The molecule has 1 aliphatic rings. The zero-order valence-corrected chi connectivity index (χ0v) is 18.8. The van der Waals surface area contributed by atoms with Crippen LogP contribution in [0.4, 0.5) is 0 Å². The Morgan fingerprint density at radius 1 is 1.06 bits per heavy atom. The summed E-state index contributed by atoms with van der Waals surface area (Å²) in [5.74, 6) is 0.00458. The predicted octanol–water partition coefficient (Wildman–Crippen LogP) is 5.90. The average molecular weight is 462 g/mol. The van der Waals surface area contributed by atoms with Gasteiger partial charge in [-0.15, -0.1) is 11.8 Å². The van der Waals surface area contributed by atoms with Gasteiger partial charge in [-0.1, -0.05) is 48.0 Å². The van der Waals surface area contributed by atoms with Gasteiger partial charge in [-0.3, -0.25) is 9.89 Å². The number of nitrogens with one attached hydrogen (secondary N) is 1. The molecule has 1 amide bonds. The highest BCUT2D eigenvalue weighted by Gasteiger charge is 2.42. The highest BCUT2D eigenvalue weighted by Crippen LogP contribution is 2.45. The second kappa shape index (κ2) is 8.37. The number of hydrogen-bond donors (Lipinski definition) is 2. The molecule has 7 heteroatoms. The first-order valence-corrected chi connectivity index (χ1v) is 11.7. The van der Waals surface area contributed by atoms with Gasteiger partial charge >= 0.3 is 0 Å². The molecule has 2 heterocycles. The lowest BCUT2D eigenvalue weighted by Crippen LogP contribution is -2.29. The van der Waals surface area contributed by atoms with E-state index in [1.807, 2.05) is 47.6 Å². The SMILES string of the molecule is CSc1ccc(C2c3c(-c4ccccc4O)n[nH]c3C(=O)N2Cc2ccc(Cl)cc2)cc1. The molecule has 4 aromatic rings. The molecule has 0 saturated heterocycles. The van der Waals surface area contributed by atoms with Crippen molar-refractivity contribution in [3.8, 4) is 17.0 Å². The molecule has 2 N–H and O–H groups in total. The van der Waals surface area contributed by atoms with Crippen molar-refractivity contribution in [3.63, 3.8) is 0 Å². The van der Waals surface area contributed by atoms with Crippen molar-refractivity contribution in [1.82, 2.24) is 15.1 Å². The number of amides is 1. The fourth-order valence-electron chi connectivity index (χ4n) is 4.16. The first-order valence-electron chi connectivity index (χ1n) is 10.1. The summed E-state index contributed by atoms with van der Waals surface area (Å²) in [6.45, 7) is 0.424. The molecule has 0 fully saturated rings. The lowest BCUT2D eigenvalue weighted by atomic mass is 9.95. The summed E-state index contributed by atoms with van der Waals surface area (Å²) in [5.41, 5.74) is 4.39.